The minimum Gasteiger partial charge on any atom is -0.353 e. The summed E-state index contributed by atoms with van der Waals surface area (Å²) in [6.45, 7) is 4.53. The standard InChI is InChI=1S/C25H30N6O2/c32-23(30-16-14-29(15-17-30)22-9-3-4-12-26-22)11-10-19-6-5-13-31(18-19)25(33)24-20-7-1-2-8-21(20)27-28-24/h1-4,7-9,12,19H,5-6,10-11,13-18H2,(H,27,28)/t19-/m0/s1. The normalized spacial score (nSPS) is 19.2. The van der Waals surface area contributed by atoms with E-state index in [0.717, 1.165) is 68.7 Å². The van der Waals surface area contributed by atoms with Crippen LogP contribution in [-0.4, -0.2) is 76.1 Å². The van der Waals surface area contributed by atoms with Gasteiger partial charge in [-0.15, -0.1) is 0 Å². The van der Waals surface area contributed by atoms with Crippen molar-refractivity contribution < 1.29 is 9.59 Å². The molecule has 2 aromatic heterocycles. The van der Waals surface area contributed by atoms with Crippen LogP contribution in [0, 0.1) is 5.92 Å². The number of hydrogen-bond acceptors (Lipinski definition) is 5. The molecule has 33 heavy (non-hydrogen) atoms. The molecule has 0 radical (unpaired) electrons. The fraction of sp³-hybridized carbons (Fsp3) is 0.440. The van der Waals surface area contributed by atoms with Crippen molar-refractivity contribution in [2.75, 3.05) is 44.2 Å². The van der Waals surface area contributed by atoms with Crippen LogP contribution in [0.3, 0.4) is 0 Å². The highest BCUT2D eigenvalue weighted by molar-refractivity contribution is 6.04. The fourth-order valence-electron chi connectivity index (χ4n) is 4.97. The Morgan fingerprint density at radius 3 is 2.61 bits per heavy atom. The zero-order chi connectivity index (χ0) is 22.6. The van der Waals surface area contributed by atoms with E-state index in [1.807, 2.05) is 52.3 Å². The molecule has 2 fully saturated rings. The van der Waals surface area contributed by atoms with Crippen molar-refractivity contribution in [2.45, 2.75) is 25.7 Å². The van der Waals surface area contributed by atoms with Gasteiger partial charge in [0, 0.05) is 57.3 Å². The lowest BCUT2D eigenvalue weighted by Crippen LogP contribution is -2.49. The molecular formula is C25H30N6O2. The van der Waals surface area contributed by atoms with Crippen LogP contribution in [0.25, 0.3) is 10.9 Å². The number of likely N-dealkylation sites (tertiary alicyclic amines) is 1. The Morgan fingerprint density at radius 2 is 1.79 bits per heavy atom. The molecule has 2 aliphatic rings. The van der Waals surface area contributed by atoms with Crippen molar-refractivity contribution in [2.24, 2.45) is 5.92 Å². The van der Waals surface area contributed by atoms with Crippen LogP contribution in [0.5, 0.6) is 0 Å². The topological polar surface area (TPSA) is 85.4 Å². The van der Waals surface area contributed by atoms with E-state index < -0.39 is 0 Å². The van der Waals surface area contributed by atoms with Gasteiger partial charge in [-0.05, 0) is 43.4 Å². The van der Waals surface area contributed by atoms with Gasteiger partial charge in [-0.1, -0.05) is 24.3 Å². The third kappa shape index (κ3) is 4.69. The van der Waals surface area contributed by atoms with Gasteiger partial charge in [0.25, 0.3) is 5.91 Å². The molecule has 172 valence electrons. The second kappa shape index (κ2) is 9.60. The van der Waals surface area contributed by atoms with Gasteiger partial charge in [0.15, 0.2) is 5.69 Å². The first-order valence-electron chi connectivity index (χ1n) is 11.8. The zero-order valence-electron chi connectivity index (χ0n) is 18.8. The highest BCUT2D eigenvalue weighted by Crippen LogP contribution is 2.25. The number of rotatable bonds is 5. The number of hydrogen-bond donors (Lipinski definition) is 1. The Kier molecular flexibility index (Phi) is 6.24. The van der Waals surface area contributed by atoms with Crippen molar-refractivity contribution in [1.82, 2.24) is 25.0 Å². The Bertz CT molecular complexity index is 1110. The van der Waals surface area contributed by atoms with Gasteiger partial charge in [-0.3, -0.25) is 14.7 Å². The second-order valence-corrected chi connectivity index (χ2v) is 8.97. The lowest BCUT2D eigenvalue weighted by molar-refractivity contribution is -0.131. The quantitative estimate of drug-likeness (QED) is 0.651. The number of para-hydroxylation sites is 1. The SMILES string of the molecule is O=C(CC[C@@H]1CCCN(C(=O)c2n[nH]c3ccccc23)C1)N1CCN(c2ccccn2)CC1. The van der Waals surface area contributed by atoms with Gasteiger partial charge in [0.1, 0.15) is 5.82 Å². The van der Waals surface area contributed by atoms with Crippen LogP contribution in [-0.2, 0) is 4.79 Å². The smallest absolute Gasteiger partial charge is 0.275 e. The number of H-pyrrole nitrogens is 1. The Hall–Kier alpha value is -3.42. The Morgan fingerprint density at radius 1 is 0.970 bits per heavy atom. The number of amides is 2. The Balaban J connectivity index is 1.12. The molecule has 0 saturated carbocycles. The lowest BCUT2D eigenvalue weighted by Gasteiger charge is -2.36. The minimum atomic E-state index is -0.0193. The first-order valence-corrected chi connectivity index (χ1v) is 11.8. The molecule has 2 aliphatic heterocycles. The largest absolute Gasteiger partial charge is 0.353 e. The monoisotopic (exact) mass is 446 g/mol. The third-order valence-corrected chi connectivity index (χ3v) is 6.85. The van der Waals surface area contributed by atoms with E-state index in [1.165, 1.54) is 0 Å². The third-order valence-electron chi connectivity index (χ3n) is 6.85. The first kappa shape index (κ1) is 21.4. The van der Waals surface area contributed by atoms with E-state index in [1.54, 1.807) is 6.20 Å². The molecule has 1 atom stereocenters. The number of pyridine rings is 1. The highest BCUT2D eigenvalue weighted by atomic mass is 16.2. The molecular weight excluding hydrogens is 416 g/mol. The number of piperazine rings is 1. The molecule has 2 amide bonds. The van der Waals surface area contributed by atoms with Crippen molar-refractivity contribution in [3.05, 3.63) is 54.4 Å². The lowest BCUT2D eigenvalue weighted by atomic mass is 9.92. The molecule has 0 unspecified atom stereocenters. The number of aromatic amines is 1. The van der Waals surface area contributed by atoms with Crippen molar-refractivity contribution in [3.8, 4) is 0 Å². The van der Waals surface area contributed by atoms with Crippen molar-refractivity contribution in [3.63, 3.8) is 0 Å². The molecule has 1 N–H and O–H groups in total. The number of anilines is 1. The molecule has 2 saturated heterocycles. The molecule has 3 aromatic rings. The van der Waals surface area contributed by atoms with E-state index in [-0.39, 0.29) is 11.8 Å². The molecule has 8 nitrogen and oxygen atoms in total. The van der Waals surface area contributed by atoms with Crippen LogP contribution < -0.4 is 4.90 Å². The van der Waals surface area contributed by atoms with Crippen molar-refractivity contribution in [1.29, 1.82) is 0 Å². The summed E-state index contributed by atoms with van der Waals surface area (Å²) in [5.74, 6) is 1.53. The van der Waals surface area contributed by atoms with Crippen LogP contribution >= 0.6 is 0 Å². The summed E-state index contributed by atoms with van der Waals surface area (Å²) in [5.41, 5.74) is 1.37. The minimum absolute atomic E-state index is 0.0193. The number of nitrogens with one attached hydrogen (secondary N) is 1. The van der Waals surface area contributed by atoms with Crippen LogP contribution in [0.2, 0.25) is 0 Å². The number of nitrogens with zero attached hydrogens (tertiary/aromatic N) is 5. The van der Waals surface area contributed by atoms with Crippen molar-refractivity contribution >= 4 is 28.5 Å². The van der Waals surface area contributed by atoms with Crippen LogP contribution in [0.1, 0.15) is 36.2 Å². The highest BCUT2D eigenvalue weighted by Gasteiger charge is 2.28. The van der Waals surface area contributed by atoms with Gasteiger partial charge >= 0.3 is 0 Å². The van der Waals surface area contributed by atoms with E-state index in [4.69, 9.17) is 0 Å². The fourth-order valence-corrected chi connectivity index (χ4v) is 4.97. The average Bonchev–Trinajstić information content (AvgIpc) is 3.32. The number of fused-ring (bicyclic) bond motifs is 1. The predicted octanol–water partition coefficient (Wildman–Crippen LogP) is 2.94. The summed E-state index contributed by atoms with van der Waals surface area (Å²) in [7, 11) is 0. The number of piperidine rings is 1. The van der Waals surface area contributed by atoms with Gasteiger partial charge in [-0.2, -0.15) is 5.10 Å². The summed E-state index contributed by atoms with van der Waals surface area (Å²) < 4.78 is 0. The number of carbonyl (C=O) groups excluding carboxylic acids is 2. The number of carbonyl (C=O) groups is 2. The van der Waals surface area contributed by atoms with Gasteiger partial charge in [0.05, 0.1) is 5.52 Å². The maximum absolute atomic E-state index is 13.1. The maximum atomic E-state index is 13.1. The average molecular weight is 447 g/mol. The van der Waals surface area contributed by atoms with E-state index >= 15 is 0 Å². The zero-order valence-corrected chi connectivity index (χ0v) is 18.8. The van der Waals surface area contributed by atoms with Gasteiger partial charge in [0.2, 0.25) is 5.91 Å². The maximum Gasteiger partial charge on any atom is 0.275 e. The van der Waals surface area contributed by atoms with Crippen LogP contribution in [0.4, 0.5) is 5.82 Å². The summed E-state index contributed by atoms with van der Waals surface area (Å²) >= 11 is 0. The summed E-state index contributed by atoms with van der Waals surface area (Å²) in [6.07, 6.45) is 5.20. The molecule has 0 aliphatic carbocycles. The van der Waals surface area contributed by atoms with Gasteiger partial charge in [-0.25, -0.2) is 4.98 Å². The van der Waals surface area contributed by atoms with E-state index in [9.17, 15) is 9.59 Å². The molecule has 1 aromatic carbocycles. The molecule has 5 rings (SSSR count). The summed E-state index contributed by atoms with van der Waals surface area (Å²) in [6, 6.07) is 13.6. The summed E-state index contributed by atoms with van der Waals surface area (Å²) in [5, 5.41) is 8.09. The second-order valence-electron chi connectivity index (χ2n) is 8.97. The first-order chi connectivity index (χ1) is 16.2. The van der Waals surface area contributed by atoms with E-state index in [0.29, 0.717) is 24.6 Å². The van der Waals surface area contributed by atoms with E-state index in [2.05, 4.69) is 20.1 Å². The number of benzene rings is 1. The number of aromatic nitrogens is 3. The summed E-state index contributed by atoms with van der Waals surface area (Å²) in [4.78, 5) is 36.5. The van der Waals surface area contributed by atoms with Crippen LogP contribution in [0.15, 0.2) is 48.7 Å². The molecule has 4 heterocycles. The molecule has 0 spiro atoms. The predicted molar refractivity (Wildman–Crippen MR) is 127 cm³/mol. The van der Waals surface area contributed by atoms with Gasteiger partial charge < -0.3 is 14.7 Å². The molecule has 0 bridgehead atoms. The Labute approximate surface area is 193 Å². The molecule has 8 heteroatoms.